The number of amides is 1. The lowest BCUT2D eigenvalue weighted by Crippen LogP contribution is -2.37. The van der Waals surface area contributed by atoms with Crippen LogP contribution >= 0.6 is 0 Å². The molecule has 2 aromatic rings. The number of rotatable bonds is 7. The van der Waals surface area contributed by atoms with E-state index in [4.69, 9.17) is 14.2 Å². The molecule has 1 heterocycles. The quantitative estimate of drug-likeness (QED) is 0.645. The fourth-order valence-corrected chi connectivity index (χ4v) is 3.93. The molecule has 2 aromatic carbocycles. The maximum atomic E-state index is 12.6. The number of esters is 1. The Hall–Kier alpha value is -3.11. The molecule has 10 heteroatoms. The molecule has 1 aliphatic rings. The van der Waals surface area contributed by atoms with Gasteiger partial charge in [0.25, 0.3) is 5.91 Å². The van der Waals surface area contributed by atoms with Gasteiger partial charge in [0.2, 0.25) is 10.0 Å². The first-order chi connectivity index (χ1) is 14.7. The number of ether oxygens (including phenoxy) is 3. The summed E-state index contributed by atoms with van der Waals surface area (Å²) in [5.74, 6) is -0.310. The monoisotopic (exact) mass is 448 g/mol. The second-order valence-corrected chi connectivity index (χ2v) is 9.10. The zero-order valence-electron chi connectivity index (χ0n) is 17.5. The van der Waals surface area contributed by atoms with Crippen LogP contribution in [0.5, 0.6) is 11.5 Å². The predicted molar refractivity (Wildman–Crippen MR) is 113 cm³/mol. The number of likely N-dealkylation sites (N-methyl/N-ethyl adjacent to an activating group) is 1. The summed E-state index contributed by atoms with van der Waals surface area (Å²) in [6.07, 6.45) is -1.13. The average molecular weight is 448 g/mol. The van der Waals surface area contributed by atoms with Crippen molar-refractivity contribution in [2.24, 2.45) is 0 Å². The summed E-state index contributed by atoms with van der Waals surface area (Å²) in [4.78, 5) is 24.6. The Morgan fingerprint density at radius 2 is 1.74 bits per heavy atom. The van der Waals surface area contributed by atoms with Gasteiger partial charge >= 0.3 is 5.97 Å². The van der Waals surface area contributed by atoms with E-state index in [9.17, 15) is 18.0 Å². The molecule has 0 saturated heterocycles. The highest BCUT2D eigenvalue weighted by atomic mass is 32.2. The maximum absolute atomic E-state index is 12.6. The van der Waals surface area contributed by atoms with Crippen LogP contribution in [0.4, 0.5) is 5.69 Å². The number of nitrogens with one attached hydrogen (secondary N) is 1. The van der Waals surface area contributed by atoms with E-state index in [0.717, 1.165) is 9.87 Å². The number of nitrogens with zero attached hydrogens (tertiary/aromatic N) is 1. The van der Waals surface area contributed by atoms with Crippen molar-refractivity contribution in [3.63, 3.8) is 0 Å². The van der Waals surface area contributed by atoms with Gasteiger partial charge < -0.3 is 19.5 Å². The third-order valence-electron chi connectivity index (χ3n) is 4.57. The molecular weight excluding hydrogens is 424 g/mol. The molecule has 0 bridgehead atoms. The minimum atomic E-state index is -3.86. The highest BCUT2D eigenvalue weighted by Crippen LogP contribution is 2.32. The number of anilines is 1. The van der Waals surface area contributed by atoms with Crippen molar-refractivity contribution in [3.8, 4) is 11.5 Å². The Bertz CT molecular complexity index is 1070. The molecule has 1 atom stereocenters. The summed E-state index contributed by atoms with van der Waals surface area (Å²) in [5.41, 5.74) is 1.37. The van der Waals surface area contributed by atoms with Crippen molar-refractivity contribution < 1.29 is 32.2 Å². The molecule has 0 aromatic heterocycles. The van der Waals surface area contributed by atoms with Crippen LogP contribution in [0, 0.1) is 6.92 Å². The summed E-state index contributed by atoms with van der Waals surface area (Å²) >= 11 is 0. The van der Waals surface area contributed by atoms with Crippen LogP contribution < -0.4 is 14.8 Å². The van der Waals surface area contributed by atoms with Crippen LogP contribution in [-0.2, 0) is 24.3 Å². The summed E-state index contributed by atoms with van der Waals surface area (Å²) in [6.45, 7) is 3.59. The molecule has 31 heavy (non-hydrogen) atoms. The van der Waals surface area contributed by atoms with Gasteiger partial charge in [0, 0.05) is 18.8 Å². The largest absolute Gasteiger partial charge is 0.486 e. The van der Waals surface area contributed by atoms with E-state index < -0.39 is 34.5 Å². The number of hydrogen-bond acceptors (Lipinski definition) is 7. The van der Waals surface area contributed by atoms with Crippen molar-refractivity contribution in [1.82, 2.24) is 4.31 Å². The van der Waals surface area contributed by atoms with Gasteiger partial charge in [-0.2, -0.15) is 4.31 Å². The lowest BCUT2D eigenvalue weighted by molar-refractivity contribution is -0.153. The number of benzene rings is 2. The molecule has 1 amide bonds. The number of fused-ring (bicyclic) bond motifs is 1. The highest BCUT2D eigenvalue weighted by molar-refractivity contribution is 7.89. The molecule has 0 saturated carbocycles. The minimum absolute atomic E-state index is 0.0674. The van der Waals surface area contributed by atoms with Crippen LogP contribution in [-0.4, -0.2) is 57.5 Å². The summed E-state index contributed by atoms with van der Waals surface area (Å²) in [6, 6.07) is 11.2. The molecule has 3 rings (SSSR count). The fourth-order valence-electron chi connectivity index (χ4n) is 2.81. The zero-order chi connectivity index (χ0) is 22.6. The van der Waals surface area contributed by atoms with Crippen molar-refractivity contribution in [2.75, 3.05) is 32.1 Å². The summed E-state index contributed by atoms with van der Waals surface area (Å²) in [7, 11) is -2.58. The Morgan fingerprint density at radius 1 is 1.10 bits per heavy atom. The highest BCUT2D eigenvalue weighted by Gasteiger charge is 2.26. The molecule has 166 valence electrons. The number of carbonyl (C=O) groups is 2. The van der Waals surface area contributed by atoms with Gasteiger partial charge in [0.1, 0.15) is 19.8 Å². The number of carbonyl (C=O) groups excluding carboxylic acids is 2. The third kappa shape index (κ3) is 5.53. The molecule has 9 nitrogen and oxygen atoms in total. The van der Waals surface area contributed by atoms with Gasteiger partial charge in [0.05, 0.1) is 4.90 Å². The van der Waals surface area contributed by atoms with E-state index in [1.807, 2.05) is 6.92 Å². The molecule has 1 aliphatic heterocycles. The molecule has 1 N–H and O–H groups in total. The van der Waals surface area contributed by atoms with E-state index in [1.54, 1.807) is 30.3 Å². The Morgan fingerprint density at radius 3 is 2.42 bits per heavy atom. The van der Waals surface area contributed by atoms with Gasteiger partial charge in [-0.05, 0) is 38.1 Å². The first kappa shape index (κ1) is 22.6. The summed E-state index contributed by atoms with van der Waals surface area (Å²) < 4.78 is 42.0. The number of aryl methyl sites for hydroxylation is 1. The molecule has 0 aliphatic carbocycles. The van der Waals surface area contributed by atoms with Crippen LogP contribution in [0.25, 0.3) is 0 Å². The van der Waals surface area contributed by atoms with Gasteiger partial charge in [-0.25, -0.2) is 8.42 Å². The van der Waals surface area contributed by atoms with Crippen LogP contribution in [0.3, 0.4) is 0 Å². The lowest BCUT2D eigenvalue weighted by Gasteiger charge is -2.20. The van der Waals surface area contributed by atoms with Crippen molar-refractivity contribution >= 4 is 27.6 Å². The Balaban J connectivity index is 1.55. The van der Waals surface area contributed by atoms with Crippen molar-refractivity contribution in [1.29, 1.82) is 0 Å². The first-order valence-corrected chi connectivity index (χ1v) is 11.0. The second-order valence-electron chi connectivity index (χ2n) is 7.05. The van der Waals surface area contributed by atoms with Gasteiger partial charge in [-0.15, -0.1) is 0 Å². The van der Waals surface area contributed by atoms with Crippen molar-refractivity contribution in [2.45, 2.75) is 24.8 Å². The molecule has 0 radical (unpaired) electrons. The zero-order valence-corrected chi connectivity index (χ0v) is 18.3. The maximum Gasteiger partial charge on any atom is 0.322 e. The number of hydrogen-bond donors (Lipinski definition) is 1. The first-order valence-electron chi connectivity index (χ1n) is 9.60. The van der Waals surface area contributed by atoms with E-state index in [-0.39, 0.29) is 4.90 Å². The normalized spacial score (nSPS) is 14.1. The smallest absolute Gasteiger partial charge is 0.322 e. The van der Waals surface area contributed by atoms with Gasteiger partial charge in [0.15, 0.2) is 17.6 Å². The van der Waals surface area contributed by atoms with Crippen molar-refractivity contribution in [3.05, 3.63) is 48.0 Å². The second kappa shape index (κ2) is 9.36. The van der Waals surface area contributed by atoms with Crippen LogP contribution in [0.2, 0.25) is 0 Å². The van der Waals surface area contributed by atoms with E-state index in [2.05, 4.69) is 5.32 Å². The van der Waals surface area contributed by atoms with Gasteiger partial charge in [-0.3, -0.25) is 9.59 Å². The van der Waals surface area contributed by atoms with Gasteiger partial charge in [-0.1, -0.05) is 17.7 Å². The fraction of sp³-hybridized carbons (Fsp3) is 0.333. The SMILES string of the molecule is Cc1ccc(S(=O)(=O)N(C)CC(=O)O[C@@H](C)C(=O)Nc2ccc3c(c2)OCCO3)cc1. The lowest BCUT2D eigenvalue weighted by atomic mass is 10.2. The molecule has 0 fully saturated rings. The minimum Gasteiger partial charge on any atom is -0.486 e. The topological polar surface area (TPSA) is 111 Å². The molecule has 0 unspecified atom stereocenters. The summed E-state index contributed by atoms with van der Waals surface area (Å²) in [5, 5.41) is 2.63. The van der Waals surface area contributed by atoms with E-state index in [0.29, 0.717) is 30.4 Å². The van der Waals surface area contributed by atoms with E-state index >= 15 is 0 Å². The number of sulfonamides is 1. The Kier molecular flexibility index (Phi) is 6.81. The standard InChI is InChI=1S/C21H24N2O7S/c1-14-4-7-17(8-5-14)31(26,27)23(3)13-20(24)30-15(2)21(25)22-16-6-9-18-19(12-16)29-11-10-28-18/h4-9,12,15H,10-11,13H2,1-3H3,(H,22,25)/t15-/m0/s1. The van der Waals surface area contributed by atoms with Crippen LogP contribution in [0.15, 0.2) is 47.4 Å². The van der Waals surface area contributed by atoms with Crippen LogP contribution in [0.1, 0.15) is 12.5 Å². The predicted octanol–water partition coefficient (Wildman–Crippen LogP) is 1.96. The third-order valence-corrected chi connectivity index (χ3v) is 6.39. The van der Waals surface area contributed by atoms with E-state index in [1.165, 1.54) is 26.1 Å². The molecule has 0 spiro atoms. The Labute approximate surface area is 181 Å². The molecular formula is C21H24N2O7S. The average Bonchev–Trinajstić information content (AvgIpc) is 2.73.